The molecule has 0 aliphatic rings. The molecule has 0 aliphatic heterocycles. The van der Waals surface area contributed by atoms with Gasteiger partial charge in [-0.05, 0) is 18.2 Å². The highest BCUT2D eigenvalue weighted by molar-refractivity contribution is 7.89. The minimum absolute atomic E-state index is 0.0215. The normalized spacial score (nSPS) is 11.3. The lowest BCUT2D eigenvalue weighted by Gasteiger charge is -2.19. The highest BCUT2D eigenvalue weighted by Gasteiger charge is 2.23. The van der Waals surface area contributed by atoms with Crippen LogP contribution < -0.4 is 0 Å². The fourth-order valence-electron chi connectivity index (χ4n) is 1.46. The third-order valence-electron chi connectivity index (χ3n) is 2.38. The van der Waals surface area contributed by atoms with Crippen molar-refractivity contribution in [2.24, 2.45) is 0 Å². The van der Waals surface area contributed by atoms with Gasteiger partial charge in [0.15, 0.2) is 0 Å². The summed E-state index contributed by atoms with van der Waals surface area (Å²) in [6.45, 7) is 3.23. The molecule has 1 N–H and O–H groups in total. The summed E-state index contributed by atoms with van der Waals surface area (Å²) in [7, 11) is -3.76. The van der Waals surface area contributed by atoms with Crippen molar-refractivity contribution in [2.75, 3.05) is 19.7 Å². The van der Waals surface area contributed by atoms with Crippen LogP contribution in [0.5, 0.6) is 0 Å². The van der Waals surface area contributed by atoms with Gasteiger partial charge in [0.05, 0.1) is 22.1 Å². The molecule has 0 amide bonds. The second-order valence-electron chi connectivity index (χ2n) is 3.63. The summed E-state index contributed by atoms with van der Waals surface area (Å²) in [6.07, 6.45) is 1.43. The van der Waals surface area contributed by atoms with E-state index < -0.39 is 10.0 Å². The van der Waals surface area contributed by atoms with Crippen LogP contribution in [-0.4, -0.2) is 37.5 Å². The Balaban J connectivity index is 3.22. The Morgan fingerprint density at radius 2 is 2.21 bits per heavy atom. The van der Waals surface area contributed by atoms with E-state index in [1.54, 1.807) is 0 Å². The molecule has 0 radical (unpaired) electrons. The quantitative estimate of drug-likeness (QED) is 0.805. The van der Waals surface area contributed by atoms with Crippen molar-refractivity contribution in [1.29, 1.82) is 5.26 Å². The molecule has 0 heterocycles. The number of nitriles is 1. The maximum atomic E-state index is 12.3. The molecule has 0 aromatic heterocycles. The second kappa shape index (κ2) is 6.68. The van der Waals surface area contributed by atoms with Crippen LogP contribution in [0, 0.1) is 11.3 Å². The predicted octanol–water partition coefficient (Wildman–Crippen LogP) is 1.38. The number of rotatable bonds is 6. The zero-order chi connectivity index (χ0) is 14.5. The van der Waals surface area contributed by atoms with E-state index in [1.165, 1.54) is 24.3 Å². The molecule has 0 atom stereocenters. The Morgan fingerprint density at radius 3 is 2.68 bits per heavy atom. The average Bonchev–Trinajstić information content (AvgIpc) is 2.38. The lowest BCUT2D eigenvalue weighted by atomic mass is 10.2. The van der Waals surface area contributed by atoms with Gasteiger partial charge in [0.2, 0.25) is 10.0 Å². The summed E-state index contributed by atoms with van der Waals surface area (Å²) in [5.41, 5.74) is 0.207. The highest BCUT2D eigenvalue weighted by Crippen LogP contribution is 2.22. The van der Waals surface area contributed by atoms with Crippen LogP contribution in [-0.2, 0) is 10.0 Å². The molecule has 102 valence electrons. The van der Waals surface area contributed by atoms with E-state index >= 15 is 0 Å². The maximum Gasteiger partial charge on any atom is 0.243 e. The minimum atomic E-state index is -3.76. The van der Waals surface area contributed by atoms with Crippen molar-refractivity contribution in [2.45, 2.75) is 4.90 Å². The monoisotopic (exact) mass is 300 g/mol. The summed E-state index contributed by atoms with van der Waals surface area (Å²) >= 11 is 5.82. The Hall–Kier alpha value is -1.39. The molecule has 1 aromatic carbocycles. The molecule has 1 aromatic rings. The van der Waals surface area contributed by atoms with Crippen molar-refractivity contribution in [3.63, 3.8) is 0 Å². The van der Waals surface area contributed by atoms with Gasteiger partial charge in [-0.1, -0.05) is 17.7 Å². The maximum absolute atomic E-state index is 12.3. The van der Waals surface area contributed by atoms with Crippen LogP contribution in [0.4, 0.5) is 0 Å². The zero-order valence-corrected chi connectivity index (χ0v) is 11.7. The molecule has 0 aliphatic carbocycles. The molecule has 0 bridgehead atoms. The van der Waals surface area contributed by atoms with Crippen LogP contribution in [0.1, 0.15) is 5.56 Å². The van der Waals surface area contributed by atoms with Crippen molar-refractivity contribution in [3.05, 3.63) is 41.4 Å². The Labute approximate surface area is 117 Å². The van der Waals surface area contributed by atoms with Crippen molar-refractivity contribution in [3.8, 4) is 6.07 Å². The first-order chi connectivity index (χ1) is 8.97. The first kappa shape index (κ1) is 15.7. The van der Waals surface area contributed by atoms with E-state index in [4.69, 9.17) is 22.0 Å². The van der Waals surface area contributed by atoms with Crippen molar-refractivity contribution < 1.29 is 13.5 Å². The summed E-state index contributed by atoms with van der Waals surface area (Å²) in [5, 5.41) is 17.7. The number of halogens is 1. The van der Waals surface area contributed by atoms with Crippen LogP contribution in [0.25, 0.3) is 0 Å². The molecule has 0 saturated heterocycles. The van der Waals surface area contributed by atoms with Gasteiger partial charge in [0, 0.05) is 13.1 Å². The molecule has 0 spiro atoms. The number of aliphatic hydroxyl groups is 1. The lowest BCUT2D eigenvalue weighted by Crippen LogP contribution is -2.33. The van der Waals surface area contributed by atoms with Gasteiger partial charge in [0.1, 0.15) is 6.07 Å². The highest BCUT2D eigenvalue weighted by atomic mass is 35.5. The van der Waals surface area contributed by atoms with Gasteiger partial charge >= 0.3 is 0 Å². The first-order valence-electron chi connectivity index (χ1n) is 5.39. The smallest absolute Gasteiger partial charge is 0.243 e. The Bertz CT molecular complexity index is 608. The second-order valence-corrected chi connectivity index (χ2v) is 5.97. The molecule has 0 saturated carbocycles. The molecule has 5 nitrogen and oxygen atoms in total. The molecule has 1 rings (SSSR count). The standard InChI is InChI=1S/C12H13ClN2O3S/c1-2-5-15(6-7-16)19(17,18)11-4-3-10(9-14)12(13)8-11/h2-4,8,16H,1,5-7H2. The van der Waals surface area contributed by atoms with Crippen LogP contribution in [0.2, 0.25) is 5.02 Å². The SMILES string of the molecule is C=CCN(CCO)S(=O)(=O)c1ccc(C#N)c(Cl)c1. The van der Waals surface area contributed by atoms with Gasteiger partial charge in [-0.3, -0.25) is 0 Å². The number of benzene rings is 1. The lowest BCUT2D eigenvalue weighted by molar-refractivity contribution is 0.260. The van der Waals surface area contributed by atoms with Gasteiger partial charge in [0.25, 0.3) is 0 Å². The number of aliphatic hydroxyl groups excluding tert-OH is 1. The van der Waals surface area contributed by atoms with Crippen LogP contribution in [0.3, 0.4) is 0 Å². The fraction of sp³-hybridized carbons (Fsp3) is 0.250. The molecule has 7 heteroatoms. The zero-order valence-electron chi connectivity index (χ0n) is 10.1. The summed E-state index contributed by atoms with van der Waals surface area (Å²) in [6, 6.07) is 5.74. The van der Waals surface area contributed by atoms with E-state index in [0.717, 1.165) is 4.31 Å². The number of hydrogen-bond donors (Lipinski definition) is 1. The van der Waals surface area contributed by atoms with E-state index in [2.05, 4.69) is 6.58 Å². The van der Waals surface area contributed by atoms with Gasteiger partial charge in [-0.15, -0.1) is 6.58 Å². The Kier molecular flexibility index (Phi) is 5.51. The summed E-state index contributed by atoms with van der Waals surface area (Å²) < 4.78 is 25.7. The minimum Gasteiger partial charge on any atom is -0.395 e. The third kappa shape index (κ3) is 3.55. The Morgan fingerprint density at radius 1 is 1.53 bits per heavy atom. The number of hydrogen-bond acceptors (Lipinski definition) is 4. The number of sulfonamides is 1. The largest absolute Gasteiger partial charge is 0.395 e. The van der Waals surface area contributed by atoms with Gasteiger partial charge in [-0.25, -0.2) is 8.42 Å². The average molecular weight is 301 g/mol. The van der Waals surface area contributed by atoms with Crippen molar-refractivity contribution >= 4 is 21.6 Å². The molecule has 0 unspecified atom stereocenters. The topological polar surface area (TPSA) is 81.4 Å². The van der Waals surface area contributed by atoms with Gasteiger partial charge in [-0.2, -0.15) is 9.57 Å². The van der Waals surface area contributed by atoms with E-state index in [0.29, 0.717) is 0 Å². The number of nitrogens with zero attached hydrogens (tertiary/aromatic N) is 2. The summed E-state index contributed by atoms with van der Waals surface area (Å²) in [5.74, 6) is 0. The van der Waals surface area contributed by atoms with E-state index in [1.807, 2.05) is 6.07 Å². The molecular formula is C12H13ClN2O3S. The third-order valence-corrected chi connectivity index (χ3v) is 4.55. The molecular weight excluding hydrogens is 288 g/mol. The molecule has 19 heavy (non-hydrogen) atoms. The van der Waals surface area contributed by atoms with E-state index in [-0.39, 0.29) is 35.2 Å². The van der Waals surface area contributed by atoms with Crippen molar-refractivity contribution in [1.82, 2.24) is 4.31 Å². The van der Waals surface area contributed by atoms with E-state index in [9.17, 15) is 8.42 Å². The first-order valence-corrected chi connectivity index (χ1v) is 7.20. The molecule has 0 fully saturated rings. The van der Waals surface area contributed by atoms with Crippen LogP contribution >= 0.6 is 11.6 Å². The van der Waals surface area contributed by atoms with Crippen LogP contribution in [0.15, 0.2) is 35.7 Å². The summed E-state index contributed by atoms with van der Waals surface area (Å²) in [4.78, 5) is -0.0215. The van der Waals surface area contributed by atoms with Gasteiger partial charge < -0.3 is 5.11 Å². The predicted molar refractivity (Wildman–Crippen MR) is 72.2 cm³/mol. The fourth-order valence-corrected chi connectivity index (χ4v) is 3.18.